The van der Waals surface area contributed by atoms with Crippen LogP contribution in [0.25, 0.3) is 0 Å². The minimum atomic E-state index is -0.896. The molecule has 2 aromatic heterocycles. The number of aromatic nitrogens is 4. The summed E-state index contributed by atoms with van der Waals surface area (Å²) in [5.74, 6) is -2.73. The van der Waals surface area contributed by atoms with Gasteiger partial charge in [-0.2, -0.15) is 19.8 Å². The van der Waals surface area contributed by atoms with Crippen molar-refractivity contribution in [1.82, 2.24) is 19.9 Å². The van der Waals surface area contributed by atoms with Crippen LogP contribution < -0.4 is 9.97 Å². The van der Waals surface area contributed by atoms with Crippen molar-refractivity contribution in [3.05, 3.63) is 52.9 Å². The molecule has 23 heavy (non-hydrogen) atoms. The molecular weight excluding hydrogens is 449 g/mol. The molecule has 17 heteroatoms. The van der Waals surface area contributed by atoms with E-state index in [1.807, 2.05) is 0 Å². The molecule has 2 rings (SSSR count). The van der Waals surface area contributed by atoms with Crippen LogP contribution in [-0.4, -0.2) is 78.5 Å². The predicted molar refractivity (Wildman–Crippen MR) is 67.5 cm³/mol. The SMILES string of the molecule is O=[N+]([O-])c1c[n-]c([N+](=O)[O-])n1.O=[N+]([O-])c1c[n-]c([N+](=O)[O-])n1.[Ba+2]. The molecule has 0 unspecified atom stereocenters. The van der Waals surface area contributed by atoms with E-state index in [1.54, 1.807) is 0 Å². The Morgan fingerprint density at radius 2 is 1.00 bits per heavy atom. The molecule has 0 saturated heterocycles. The zero-order valence-electron chi connectivity index (χ0n) is 10.7. The predicted octanol–water partition coefficient (Wildman–Crippen LogP) is -0.670. The van der Waals surface area contributed by atoms with E-state index in [0.29, 0.717) is 0 Å². The molecule has 0 atom stereocenters. The Balaban J connectivity index is 0.000000403. The van der Waals surface area contributed by atoms with Crippen LogP contribution in [-0.2, 0) is 0 Å². The third-order valence-corrected chi connectivity index (χ3v) is 1.72. The molecule has 2 heterocycles. The second-order valence-corrected chi connectivity index (χ2v) is 3.08. The smallest absolute Gasteiger partial charge is 0.458 e. The molecule has 2 aromatic rings. The molecular formula is C6H2BaN8O8. The molecule has 0 aromatic carbocycles. The molecule has 0 N–H and O–H groups in total. The van der Waals surface area contributed by atoms with Crippen molar-refractivity contribution >= 4 is 72.4 Å². The molecule has 0 fully saturated rings. The van der Waals surface area contributed by atoms with E-state index in [9.17, 15) is 40.5 Å². The first kappa shape index (κ1) is 20.6. The summed E-state index contributed by atoms with van der Waals surface area (Å²) in [5.41, 5.74) is 0. The molecule has 0 spiro atoms. The average Bonchev–Trinajstić information content (AvgIpc) is 3.09. The standard InChI is InChI=1S/2C3HN4O4.Ba/c2*8-6(9)2-1-4-3(5-2)7(10)11;/h2*1H;/q2*-1;+2. The van der Waals surface area contributed by atoms with Gasteiger partial charge in [0, 0.05) is 0 Å². The average molecular weight is 451 g/mol. The Morgan fingerprint density at radius 1 is 0.696 bits per heavy atom. The van der Waals surface area contributed by atoms with E-state index in [-0.39, 0.29) is 48.9 Å². The topological polar surface area (TPSA) is 227 Å². The maximum absolute atomic E-state index is 9.92. The van der Waals surface area contributed by atoms with Gasteiger partial charge in [0.1, 0.15) is 12.4 Å². The molecule has 0 radical (unpaired) electrons. The zero-order chi connectivity index (χ0) is 16.9. The van der Waals surface area contributed by atoms with Crippen molar-refractivity contribution in [2.24, 2.45) is 0 Å². The van der Waals surface area contributed by atoms with Crippen molar-refractivity contribution < 1.29 is 19.7 Å². The molecule has 116 valence electrons. The summed E-state index contributed by atoms with van der Waals surface area (Å²) in [5, 5.41) is 39.6. The van der Waals surface area contributed by atoms with Gasteiger partial charge in [0.05, 0.1) is 0 Å². The van der Waals surface area contributed by atoms with Gasteiger partial charge < -0.3 is 40.5 Å². The second kappa shape index (κ2) is 8.89. The molecule has 0 saturated carbocycles. The number of imidazole rings is 2. The van der Waals surface area contributed by atoms with Gasteiger partial charge in [0.15, 0.2) is 0 Å². The Hall–Kier alpha value is -2.41. The fourth-order valence-corrected chi connectivity index (χ4v) is 0.903. The van der Waals surface area contributed by atoms with E-state index < -0.39 is 43.2 Å². The molecule has 0 aliphatic rings. The van der Waals surface area contributed by atoms with Gasteiger partial charge in [-0.05, 0) is 9.85 Å². The van der Waals surface area contributed by atoms with Gasteiger partial charge in [-0.3, -0.25) is 0 Å². The molecule has 0 amide bonds. The molecule has 0 bridgehead atoms. The first-order valence-corrected chi connectivity index (χ1v) is 4.79. The van der Waals surface area contributed by atoms with E-state index in [4.69, 9.17) is 0 Å². The number of nitrogens with zero attached hydrogens (tertiary/aromatic N) is 8. The third kappa shape index (κ3) is 6.07. The van der Waals surface area contributed by atoms with Crippen molar-refractivity contribution in [3.8, 4) is 0 Å². The summed E-state index contributed by atoms with van der Waals surface area (Å²) < 4.78 is 0. The third-order valence-electron chi connectivity index (χ3n) is 1.72. The van der Waals surface area contributed by atoms with Crippen molar-refractivity contribution in [3.63, 3.8) is 0 Å². The normalized spacial score (nSPS) is 9.04. The minimum absolute atomic E-state index is 0. The fraction of sp³-hybridized carbons (Fsp3) is 0. The van der Waals surface area contributed by atoms with Gasteiger partial charge in [-0.1, -0.05) is 0 Å². The molecule has 0 aliphatic heterocycles. The van der Waals surface area contributed by atoms with Gasteiger partial charge in [-0.25, -0.2) is 9.97 Å². The maximum atomic E-state index is 9.92. The Labute approximate surface area is 164 Å². The Bertz CT molecular complexity index is 619. The van der Waals surface area contributed by atoms with Crippen LogP contribution in [0, 0.1) is 40.5 Å². The summed E-state index contributed by atoms with van der Waals surface area (Å²) in [6, 6.07) is 0. The molecule has 0 aliphatic carbocycles. The van der Waals surface area contributed by atoms with Gasteiger partial charge in [0.2, 0.25) is 0 Å². The van der Waals surface area contributed by atoms with E-state index in [0.717, 1.165) is 12.4 Å². The quantitative estimate of drug-likeness (QED) is 0.320. The number of hydrogen-bond donors (Lipinski definition) is 0. The monoisotopic (exact) mass is 452 g/mol. The first-order chi connectivity index (χ1) is 10.2. The minimum Gasteiger partial charge on any atom is -0.458 e. The largest absolute Gasteiger partial charge is 2.00 e. The summed E-state index contributed by atoms with van der Waals surface area (Å²) in [6.07, 6.45) is 1.47. The van der Waals surface area contributed by atoms with Crippen molar-refractivity contribution in [1.29, 1.82) is 0 Å². The zero-order valence-corrected chi connectivity index (χ0v) is 15.1. The summed E-state index contributed by atoms with van der Waals surface area (Å²) in [4.78, 5) is 48.3. The van der Waals surface area contributed by atoms with Gasteiger partial charge in [-0.15, -0.1) is 0 Å². The van der Waals surface area contributed by atoms with Crippen LogP contribution >= 0.6 is 0 Å². The van der Waals surface area contributed by atoms with Crippen LogP contribution in [0.15, 0.2) is 12.4 Å². The van der Waals surface area contributed by atoms with Crippen LogP contribution in [0.5, 0.6) is 0 Å². The first-order valence-electron chi connectivity index (χ1n) is 4.79. The molecule has 16 nitrogen and oxygen atoms in total. The van der Waals surface area contributed by atoms with Crippen LogP contribution in [0.3, 0.4) is 0 Å². The van der Waals surface area contributed by atoms with E-state index in [2.05, 4.69) is 19.9 Å². The number of rotatable bonds is 4. The fourth-order valence-electron chi connectivity index (χ4n) is 0.903. The summed E-state index contributed by atoms with van der Waals surface area (Å²) in [6.45, 7) is 0. The van der Waals surface area contributed by atoms with Crippen LogP contribution in [0.2, 0.25) is 0 Å². The summed E-state index contributed by atoms with van der Waals surface area (Å²) >= 11 is 0. The van der Waals surface area contributed by atoms with E-state index in [1.165, 1.54) is 0 Å². The second-order valence-electron chi connectivity index (χ2n) is 3.08. The van der Waals surface area contributed by atoms with Crippen molar-refractivity contribution in [2.45, 2.75) is 0 Å². The number of hydrogen-bond acceptors (Lipinski definition) is 10. The van der Waals surface area contributed by atoms with Gasteiger partial charge in [0.25, 0.3) is 23.5 Å². The van der Waals surface area contributed by atoms with Crippen LogP contribution in [0.1, 0.15) is 0 Å². The van der Waals surface area contributed by atoms with Gasteiger partial charge >= 0.3 is 48.9 Å². The summed E-state index contributed by atoms with van der Waals surface area (Å²) in [7, 11) is 0. The van der Waals surface area contributed by atoms with E-state index >= 15 is 0 Å². The van der Waals surface area contributed by atoms with Crippen molar-refractivity contribution in [2.75, 3.05) is 0 Å². The Kier molecular flexibility index (Phi) is 7.96. The van der Waals surface area contributed by atoms with Crippen LogP contribution in [0.4, 0.5) is 23.5 Å². The number of nitro groups is 4. The Morgan fingerprint density at radius 3 is 1.13 bits per heavy atom. The maximum Gasteiger partial charge on any atom is 2.00 e.